The molecule has 0 aromatic heterocycles. The first-order chi connectivity index (χ1) is 14.8. The number of hydrogen-bond donors (Lipinski definition) is 2. The van der Waals surface area contributed by atoms with Crippen LogP contribution in [0, 0.1) is 0 Å². The van der Waals surface area contributed by atoms with Gasteiger partial charge in [0.25, 0.3) is 5.91 Å². The number of aliphatic carboxylic acids is 1. The Hall–Kier alpha value is -2.59. The summed E-state index contributed by atoms with van der Waals surface area (Å²) in [6.45, 7) is 0.689. The third-order valence-electron chi connectivity index (χ3n) is 4.53. The van der Waals surface area contributed by atoms with Crippen LogP contribution in [0.1, 0.15) is 37.7 Å². The van der Waals surface area contributed by atoms with E-state index in [1.165, 1.54) is 16.7 Å². The number of nitrogens with one attached hydrogen (secondary N) is 1. The molecule has 1 saturated heterocycles. The van der Waals surface area contributed by atoms with Crippen LogP contribution >= 0.6 is 24.0 Å². The quantitative estimate of drug-likeness (QED) is 0.275. The van der Waals surface area contributed by atoms with Crippen molar-refractivity contribution in [3.63, 3.8) is 0 Å². The lowest BCUT2D eigenvalue weighted by molar-refractivity contribution is -0.137. The lowest BCUT2D eigenvalue weighted by Crippen LogP contribution is -2.33. The molecule has 1 fully saturated rings. The number of carboxylic acids is 1. The molecule has 0 saturated carbocycles. The summed E-state index contributed by atoms with van der Waals surface area (Å²) in [6.07, 6.45) is 4.06. The maximum atomic E-state index is 12.7. The molecule has 0 radical (unpaired) electrons. The van der Waals surface area contributed by atoms with Gasteiger partial charge < -0.3 is 19.9 Å². The molecule has 168 valence electrons. The average Bonchev–Trinajstić information content (AvgIpc) is 3.01. The van der Waals surface area contributed by atoms with Crippen molar-refractivity contribution in [2.24, 2.45) is 0 Å². The zero-order chi connectivity index (χ0) is 22.8. The van der Waals surface area contributed by atoms with Crippen LogP contribution < -0.4 is 14.8 Å². The van der Waals surface area contributed by atoms with Crippen LogP contribution in [-0.4, -0.2) is 59.4 Å². The predicted octanol–water partition coefficient (Wildman–Crippen LogP) is 3.06. The van der Waals surface area contributed by atoms with Crippen LogP contribution in [0.5, 0.6) is 11.5 Å². The number of thiocarbonyl (C=S) groups is 1. The van der Waals surface area contributed by atoms with Gasteiger partial charge in [0.05, 0.1) is 19.1 Å². The Morgan fingerprint density at radius 3 is 2.58 bits per heavy atom. The largest absolute Gasteiger partial charge is 0.493 e. The van der Waals surface area contributed by atoms with Crippen LogP contribution in [0.2, 0.25) is 0 Å². The molecule has 8 nitrogen and oxygen atoms in total. The Morgan fingerprint density at radius 2 is 1.90 bits per heavy atom. The zero-order valence-electron chi connectivity index (χ0n) is 17.5. The molecule has 0 unspecified atom stereocenters. The van der Waals surface area contributed by atoms with Gasteiger partial charge in [-0.1, -0.05) is 36.5 Å². The molecule has 1 aromatic rings. The van der Waals surface area contributed by atoms with Gasteiger partial charge in [-0.25, -0.2) is 0 Å². The molecule has 1 aliphatic heterocycles. The van der Waals surface area contributed by atoms with Crippen molar-refractivity contribution in [2.45, 2.75) is 32.1 Å². The molecular weight excluding hydrogens is 440 g/mol. The van der Waals surface area contributed by atoms with Crippen molar-refractivity contribution >= 4 is 52.2 Å². The van der Waals surface area contributed by atoms with Gasteiger partial charge in [0, 0.05) is 25.9 Å². The lowest BCUT2D eigenvalue weighted by Gasteiger charge is -2.14. The number of nitrogens with zero attached hydrogens (tertiary/aromatic N) is 1. The summed E-state index contributed by atoms with van der Waals surface area (Å²) in [6, 6.07) is 5.35. The molecule has 10 heteroatoms. The van der Waals surface area contributed by atoms with Gasteiger partial charge in [-0.3, -0.25) is 19.3 Å². The molecular formula is C21H26N2O6S2. The first kappa shape index (κ1) is 24.7. The van der Waals surface area contributed by atoms with Crippen LogP contribution in [0.3, 0.4) is 0 Å². The van der Waals surface area contributed by atoms with E-state index in [4.69, 9.17) is 26.8 Å². The van der Waals surface area contributed by atoms with E-state index in [2.05, 4.69) is 5.32 Å². The summed E-state index contributed by atoms with van der Waals surface area (Å²) in [5.41, 5.74) is 0.777. The first-order valence-corrected chi connectivity index (χ1v) is 11.0. The standard InChI is InChI=1S/C21H26N2O6S2/c1-28-15-8-7-14(12-16(15)29-2)13-17-20(27)23(21(30)31-17)11-9-18(24)22-10-5-3-4-6-19(25)26/h7-8,12-13H,3-6,9-11H2,1-2H3,(H,22,24)(H,25,26). The fourth-order valence-corrected chi connectivity index (χ4v) is 4.20. The molecule has 1 aliphatic rings. The smallest absolute Gasteiger partial charge is 0.303 e. The normalized spacial score (nSPS) is 14.8. The van der Waals surface area contributed by atoms with E-state index in [0.717, 1.165) is 12.0 Å². The molecule has 0 bridgehead atoms. The fourth-order valence-electron chi connectivity index (χ4n) is 2.89. The Labute approximate surface area is 191 Å². The van der Waals surface area contributed by atoms with Gasteiger partial charge in [0.2, 0.25) is 5.91 Å². The summed E-state index contributed by atoms with van der Waals surface area (Å²) in [4.78, 5) is 37.1. The van der Waals surface area contributed by atoms with Gasteiger partial charge in [0.15, 0.2) is 11.5 Å². The minimum Gasteiger partial charge on any atom is -0.493 e. The van der Waals surface area contributed by atoms with Crippen molar-refractivity contribution in [2.75, 3.05) is 27.3 Å². The maximum Gasteiger partial charge on any atom is 0.303 e. The second-order valence-corrected chi connectivity index (χ2v) is 8.43. The number of carboxylic acid groups (broad SMARTS) is 1. The Kier molecular flexibility index (Phi) is 9.80. The predicted molar refractivity (Wildman–Crippen MR) is 123 cm³/mol. The molecule has 0 atom stereocenters. The Bertz CT molecular complexity index is 871. The highest BCUT2D eigenvalue weighted by atomic mass is 32.2. The highest BCUT2D eigenvalue weighted by molar-refractivity contribution is 8.26. The Balaban J connectivity index is 1.84. The van der Waals surface area contributed by atoms with Crippen molar-refractivity contribution in [1.82, 2.24) is 10.2 Å². The minimum absolute atomic E-state index is 0.138. The Morgan fingerprint density at radius 1 is 1.16 bits per heavy atom. The summed E-state index contributed by atoms with van der Waals surface area (Å²) in [5.74, 6) is -0.0541. The van der Waals surface area contributed by atoms with Crippen LogP contribution in [0.15, 0.2) is 23.1 Å². The highest BCUT2D eigenvalue weighted by Crippen LogP contribution is 2.34. The number of ether oxygens (including phenoxy) is 2. The fraction of sp³-hybridized carbons (Fsp3) is 0.429. The maximum absolute atomic E-state index is 12.7. The van der Waals surface area contributed by atoms with E-state index in [1.807, 2.05) is 6.07 Å². The number of hydrogen-bond acceptors (Lipinski definition) is 7. The van der Waals surface area contributed by atoms with Gasteiger partial charge in [-0.15, -0.1) is 0 Å². The average molecular weight is 467 g/mol. The van der Waals surface area contributed by atoms with E-state index in [9.17, 15) is 14.4 Å². The van der Waals surface area contributed by atoms with E-state index < -0.39 is 5.97 Å². The number of unbranched alkanes of at least 4 members (excludes halogenated alkanes) is 2. The van der Waals surface area contributed by atoms with Crippen molar-refractivity contribution in [3.05, 3.63) is 28.7 Å². The summed E-state index contributed by atoms with van der Waals surface area (Å²) in [7, 11) is 3.10. The van der Waals surface area contributed by atoms with Crippen molar-refractivity contribution < 1.29 is 29.0 Å². The third-order valence-corrected chi connectivity index (χ3v) is 5.91. The molecule has 2 amide bonds. The number of carbonyl (C=O) groups excluding carboxylic acids is 2. The van der Waals surface area contributed by atoms with Crippen LogP contribution in [-0.2, 0) is 14.4 Å². The number of carbonyl (C=O) groups is 3. The molecule has 0 aliphatic carbocycles. The van der Waals surface area contributed by atoms with E-state index in [-0.39, 0.29) is 31.2 Å². The topological polar surface area (TPSA) is 105 Å². The van der Waals surface area contributed by atoms with Crippen LogP contribution in [0.25, 0.3) is 6.08 Å². The van der Waals surface area contributed by atoms with E-state index in [1.54, 1.807) is 32.4 Å². The zero-order valence-corrected chi connectivity index (χ0v) is 19.1. The van der Waals surface area contributed by atoms with Gasteiger partial charge in [-0.05, 0) is 36.6 Å². The monoisotopic (exact) mass is 466 g/mol. The number of amides is 2. The SMILES string of the molecule is COc1ccc(C=C2SC(=S)N(CCC(=O)NCCCCCC(=O)O)C2=O)cc1OC. The molecule has 31 heavy (non-hydrogen) atoms. The lowest BCUT2D eigenvalue weighted by atomic mass is 10.2. The molecule has 1 heterocycles. The number of benzene rings is 1. The minimum atomic E-state index is -0.812. The third kappa shape index (κ3) is 7.55. The molecule has 1 aromatic carbocycles. The number of rotatable bonds is 12. The molecule has 0 spiro atoms. The van der Waals surface area contributed by atoms with Gasteiger partial charge in [-0.2, -0.15) is 0 Å². The molecule has 2 rings (SSSR count). The second-order valence-electron chi connectivity index (χ2n) is 6.75. The number of thioether (sulfide) groups is 1. The second kappa shape index (κ2) is 12.3. The van der Waals surface area contributed by atoms with Crippen molar-refractivity contribution in [1.29, 1.82) is 0 Å². The first-order valence-electron chi connectivity index (χ1n) is 9.81. The van der Waals surface area contributed by atoms with Gasteiger partial charge >= 0.3 is 5.97 Å². The van der Waals surface area contributed by atoms with Crippen molar-refractivity contribution in [3.8, 4) is 11.5 Å². The van der Waals surface area contributed by atoms with E-state index >= 15 is 0 Å². The molecule has 2 N–H and O–H groups in total. The van der Waals surface area contributed by atoms with Crippen LogP contribution in [0.4, 0.5) is 0 Å². The summed E-state index contributed by atoms with van der Waals surface area (Å²) in [5, 5.41) is 11.4. The highest BCUT2D eigenvalue weighted by Gasteiger charge is 2.32. The van der Waals surface area contributed by atoms with Gasteiger partial charge in [0.1, 0.15) is 4.32 Å². The number of methoxy groups -OCH3 is 2. The summed E-state index contributed by atoms with van der Waals surface area (Å²) >= 11 is 6.51. The summed E-state index contributed by atoms with van der Waals surface area (Å²) < 4.78 is 10.9. The van der Waals surface area contributed by atoms with E-state index in [0.29, 0.717) is 40.1 Å².